The van der Waals surface area contributed by atoms with Gasteiger partial charge in [0.1, 0.15) is 11.9 Å². The molecule has 1 aliphatic carbocycles. The Morgan fingerprint density at radius 1 is 1.48 bits per heavy atom. The molecular formula is C17H24N4O2. The lowest BCUT2D eigenvalue weighted by Gasteiger charge is -2.34. The molecule has 0 unspecified atom stereocenters. The van der Waals surface area contributed by atoms with Gasteiger partial charge in [-0.3, -0.25) is 9.89 Å². The quantitative estimate of drug-likeness (QED) is 0.867. The zero-order valence-corrected chi connectivity index (χ0v) is 13.6. The molecule has 0 aromatic carbocycles. The molecule has 1 aromatic rings. The average Bonchev–Trinajstić information content (AvgIpc) is 3.25. The number of nitrogens with one attached hydrogen (secondary N) is 1. The number of carbonyl (C=O) groups excluding carboxylic acids is 1. The number of hydrogen-bond acceptors (Lipinski definition) is 4. The molecule has 1 aromatic heterocycles. The predicted molar refractivity (Wildman–Crippen MR) is 84.5 cm³/mol. The Balaban J connectivity index is 1.35. The molecule has 23 heavy (non-hydrogen) atoms. The summed E-state index contributed by atoms with van der Waals surface area (Å²) in [5.41, 5.74) is 0. The summed E-state index contributed by atoms with van der Waals surface area (Å²) in [6.45, 7) is 3.48. The van der Waals surface area contributed by atoms with Crippen molar-refractivity contribution in [1.29, 1.82) is 0 Å². The van der Waals surface area contributed by atoms with Gasteiger partial charge in [0.2, 0.25) is 5.91 Å². The average molecular weight is 316 g/mol. The minimum absolute atomic E-state index is 0.0252. The maximum atomic E-state index is 12.5. The van der Waals surface area contributed by atoms with Crippen LogP contribution < -0.4 is 0 Å². The largest absolute Gasteiger partial charge is 0.365 e. The van der Waals surface area contributed by atoms with E-state index in [4.69, 9.17) is 4.74 Å². The minimum atomic E-state index is -0.0252. The van der Waals surface area contributed by atoms with E-state index in [1.807, 2.05) is 11.8 Å². The van der Waals surface area contributed by atoms with Gasteiger partial charge < -0.3 is 9.64 Å². The smallest absolute Gasteiger partial charge is 0.223 e. The molecular weight excluding hydrogens is 292 g/mol. The molecule has 6 nitrogen and oxygen atoms in total. The summed E-state index contributed by atoms with van der Waals surface area (Å²) < 4.78 is 6.16. The Morgan fingerprint density at radius 2 is 2.39 bits per heavy atom. The topological polar surface area (TPSA) is 71.1 Å². The molecule has 6 heteroatoms. The van der Waals surface area contributed by atoms with Gasteiger partial charge in [-0.15, -0.1) is 0 Å². The Labute approximate surface area is 136 Å². The molecule has 124 valence electrons. The summed E-state index contributed by atoms with van der Waals surface area (Å²) in [5.74, 6) is 2.81. The summed E-state index contributed by atoms with van der Waals surface area (Å²) in [6.07, 6.45) is 9.37. The van der Waals surface area contributed by atoms with E-state index < -0.39 is 0 Å². The molecule has 1 amide bonds. The molecule has 4 rings (SSSR count). The molecule has 0 saturated carbocycles. The highest BCUT2D eigenvalue weighted by Gasteiger charge is 2.42. The summed E-state index contributed by atoms with van der Waals surface area (Å²) in [5, 5.41) is 7.11. The Hall–Kier alpha value is -1.69. The van der Waals surface area contributed by atoms with Crippen LogP contribution in [0.5, 0.6) is 0 Å². The van der Waals surface area contributed by atoms with Crippen LogP contribution in [0.15, 0.2) is 12.2 Å². The standard InChI is InChI=1S/C17H24N4O2/c1-11-18-17(20-19-11)14-9-13-6-7-21(10-15(13)23-14)16(22)8-12-4-2-3-5-12/h2,4,12-15H,3,5-10H2,1H3,(H,18,19,20)/t12-,13-,14+,15+/m0/s1. The second-order valence-corrected chi connectivity index (χ2v) is 7.04. The summed E-state index contributed by atoms with van der Waals surface area (Å²) in [4.78, 5) is 18.9. The first kappa shape index (κ1) is 14.9. The van der Waals surface area contributed by atoms with Crippen molar-refractivity contribution in [2.24, 2.45) is 11.8 Å². The first-order valence-electron chi connectivity index (χ1n) is 8.68. The fraction of sp³-hybridized carbons (Fsp3) is 0.706. The van der Waals surface area contributed by atoms with Crippen LogP contribution in [0.3, 0.4) is 0 Å². The maximum absolute atomic E-state index is 12.5. The third-order valence-electron chi connectivity index (χ3n) is 5.36. The van der Waals surface area contributed by atoms with Gasteiger partial charge in [-0.1, -0.05) is 12.2 Å². The third-order valence-corrected chi connectivity index (χ3v) is 5.36. The SMILES string of the molecule is Cc1nc([C@H]2C[C@@H]3CCN(C(=O)C[C@H]4C=CCC4)C[C@H]3O2)n[nH]1. The van der Waals surface area contributed by atoms with Crippen LogP contribution in [0, 0.1) is 18.8 Å². The molecule has 0 spiro atoms. The fourth-order valence-electron chi connectivity index (χ4n) is 4.05. The summed E-state index contributed by atoms with van der Waals surface area (Å²) >= 11 is 0. The molecule has 3 aliphatic rings. The summed E-state index contributed by atoms with van der Waals surface area (Å²) in [6, 6.07) is 0. The van der Waals surface area contributed by atoms with E-state index in [-0.39, 0.29) is 18.1 Å². The second kappa shape index (κ2) is 6.07. The first-order chi connectivity index (χ1) is 11.2. The lowest BCUT2D eigenvalue weighted by molar-refractivity contribution is -0.136. The minimum Gasteiger partial charge on any atom is -0.365 e. The molecule has 2 fully saturated rings. The van der Waals surface area contributed by atoms with Gasteiger partial charge in [-0.25, -0.2) is 4.98 Å². The van der Waals surface area contributed by atoms with Crippen molar-refractivity contribution in [2.45, 2.75) is 51.2 Å². The molecule has 0 bridgehead atoms. The molecule has 0 radical (unpaired) electrons. The third kappa shape index (κ3) is 3.04. The number of rotatable bonds is 3. The van der Waals surface area contributed by atoms with Crippen LogP contribution in [0.25, 0.3) is 0 Å². The van der Waals surface area contributed by atoms with E-state index in [9.17, 15) is 4.79 Å². The predicted octanol–water partition coefficient (Wildman–Crippen LogP) is 2.15. The normalized spacial score (nSPS) is 33.2. The number of allylic oxidation sites excluding steroid dienone is 2. The van der Waals surface area contributed by atoms with Crippen LogP contribution >= 0.6 is 0 Å². The number of nitrogens with zero attached hydrogens (tertiary/aromatic N) is 3. The van der Waals surface area contributed by atoms with Crippen molar-refractivity contribution in [2.75, 3.05) is 13.1 Å². The van der Waals surface area contributed by atoms with Gasteiger partial charge in [0, 0.05) is 19.5 Å². The number of likely N-dealkylation sites (tertiary alicyclic amines) is 1. The number of carbonyl (C=O) groups is 1. The van der Waals surface area contributed by atoms with Crippen LogP contribution in [0.1, 0.15) is 49.9 Å². The van der Waals surface area contributed by atoms with Crippen molar-refractivity contribution >= 4 is 5.91 Å². The monoisotopic (exact) mass is 316 g/mol. The van der Waals surface area contributed by atoms with Gasteiger partial charge >= 0.3 is 0 Å². The zero-order chi connectivity index (χ0) is 15.8. The lowest BCUT2D eigenvalue weighted by Crippen LogP contribution is -2.45. The van der Waals surface area contributed by atoms with E-state index in [0.29, 0.717) is 18.3 Å². The number of ether oxygens (including phenoxy) is 1. The van der Waals surface area contributed by atoms with Crippen LogP contribution in [-0.2, 0) is 9.53 Å². The van der Waals surface area contributed by atoms with Crippen LogP contribution in [0.2, 0.25) is 0 Å². The van der Waals surface area contributed by atoms with E-state index in [1.165, 1.54) is 0 Å². The van der Waals surface area contributed by atoms with E-state index in [1.54, 1.807) is 0 Å². The first-order valence-corrected chi connectivity index (χ1v) is 8.68. The Bertz CT molecular complexity index is 611. The highest BCUT2D eigenvalue weighted by atomic mass is 16.5. The number of aromatic amines is 1. The lowest BCUT2D eigenvalue weighted by atomic mass is 9.91. The van der Waals surface area contributed by atoms with Gasteiger partial charge in [-0.05, 0) is 44.4 Å². The van der Waals surface area contributed by atoms with Crippen molar-refractivity contribution in [3.63, 3.8) is 0 Å². The van der Waals surface area contributed by atoms with Gasteiger partial charge in [0.05, 0.1) is 6.10 Å². The Morgan fingerprint density at radius 3 is 3.13 bits per heavy atom. The molecule has 4 atom stereocenters. The highest BCUT2D eigenvalue weighted by molar-refractivity contribution is 5.77. The van der Waals surface area contributed by atoms with Crippen molar-refractivity contribution in [1.82, 2.24) is 20.1 Å². The molecule has 3 heterocycles. The van der Waals surface area contributed by atoms with Crippen molar-refractivity contribution in [3.8, 4) is 0 Å². The number of piperidine rings is 1. The number of hydrogen-bond donors (Lipinski definition) is 1. The van der Waals surface area contributed by atoms with E-state index in [2.05, 4.69) is 27.3 Å². The number of aryl methyl sites for hydroxylation is 1. The number of amides is 1. The number of fused-ring (bicyclic) bond motifs is 1. The van der Waals surface area contributed by atoms with Gasteiger partial charge in [0.25, 0.3) is 0 Å². The van der Waals surface area contributed by atoms with Crippen LogP contribution in [0.4, 0.5) is 0 Å². The molecule has 2 saturated heterocycles. The number of H-pyrrole nitrogens is 1. The van der Waals surface area contributed by atoms with Crippen molar-refractivity contribution < 1.29 is 9.53 Å². The number of aromatic nitrogens is 3. The Kier molecular flexibility index (Phi) is 3.93. The second-order valence-electron chi connectivity index (χ2n) is 7.04. The molecule has 1 N–H and O–H groups in total. The van der Waals surface area contributed by atoms with Crippen LogP contribution in [-0.4, -0.2) is 45.2 Å². The fourth-order valence-corrected chi connectivity index (χ4v) is 4.05. The van der Waals surface area contributed by atoms with E-state index in [0.717, 1.165) is 50.4 Å². The van der Waals surface area contributed by atoms with Gasteiger partial charge in [-0.2, -0.15) is 5.10 Å². The summed E-state index contributed by atoms with van der Waals surface area (Å²) in [7, 11) is 0. The zero-order valence-electron chi connectivity index (χ0n) is 13.6. The maximum Gasteiger partial charge on any atom is 0.223 e. The van der Waals surface area contributed by atoms with E-state index >= 15 is 0 Å². The molecule has 2 aliphatic heterocycles. The van der Waals surface area contributed by atoms with Crippen molar-refractivity contribution in [3.05, 3.63) is 23.8 Å². The van der Waals surface area contributed by atoms with Gasteiger partial charge in [0.15, 0.2) is 5.82 Å². The highest BCUT2D eigenvalue weighted by Crippen LogP contribution is 2.40.